The molecule has 1 aliphatic rings. The zero-order chi connectivity index (χ0) is 18.7. The summed E-state index contributed by atoms with van der Waals surface area (Å²) in [6, 6.07) is 14.5. The van der Waals surface area contributed by atoms with Gasteiger partial charge in [0.05, 0.1) is 0 Å². The van der Waals surface area contributed by atoms with Crippen LogP contribution in [0.25, 0.3) is 6.08 Å². The average Bonchev–Trinajstić information content (AvgIpc) is 2.59. The van der Waals surface area contributed by atoms with Crippen LogP contribution in [0.4, 0.5) is 5.69 Å². The van der Waals surface area contributed by atoms with Crippen LogP contribution < -0.4 is 5.32 Å². The molecular weight excluding hydrogens is 320 g/mol. The van der Waals surface area contributed by atoms with Gasteiger partial charge in [-0.2, -0.15) is 0 Å². The van der Waals surface area contributed by atoms with Crippen LogP contribution in [0.1, 0.15) is 43.0 Å². The van der Waals surface area contributed by atoms with E-state index in [1.165, 1.54) is 16.7 Å². The van der Waals surface area contributed by atoms with Crippen molar-refractivity contribution in [1.82, 2.24) is 4.90 Å². The summed E-state index contributed by atoms with van der Waals surface area (Å²) in [5.74, 6) is -0.106. The minimum Gasteiger partial charge on any atom is -0.323 e. The van der Waals surface area contributed by atoms with Gasteiger partial charge in [0.25, 0.3) is 0 Å². The first-order valence-electron chi connectivity index (χ1n) is 9.21. The molecular formula is C23H28N2O. The number of benzene rings is 2. The largest absolute Gasteiger partial charge is 0.323 e. The fraction of sp³-hybridized carbons (Fsp3) is 0.348. The van der Waals surface area contributed by atoms with Gasteiger partial charge in [-0.15, -0.1) is 0 Å². The third kappa shape index (κ3) is 4.61. The highest BCUT2D eigenvalue weighted by Crippen LogP contribution is 2.24. The van der Waals surface area contributed by atoms with Crippen LogP contribution in [0.2, 0.25) is 0 Å². The second-order valence-electron chi connectivity index (χ2n) is 8.17. The van der Waals surface area contributed by atoms with Crippen molar-refractivity contribution in [3.8, 4) is 0 Å². The summed E-state index contributed by atoms with van der Waals surface area (Å²) >= 11 is 0. The van der Waals surface area contributed by atoms with Crippen molar-refractivity contribution in [3.63, 3.8) is 0 Å². The van der Waals surface area contributed by atoms with Crippen molar-refractivity contribution in [1.29, 1.82) is 0 Å². The van der Waals surface area contributed by atoms with Gasteiger partial charge < -0.3 is 10.2 Å². The van der Waals surface area contributed by atoms with E-state index in [0.717, 1.165) is 30.8 Å². The van der Waals surface area contributed by atoms with Gasteiger partial charge in [-0.05, 0) is 59.3 Å². The van der Waals surface area contributed by atoms with Crippen LogP contribution in [0.3, 0.4) is 0 Å². The highest BCUT2D eigenvalue weighted by Gasteiger charge is 2.14. The maximum atomic E-state index is 12.3. The monoisotopic (exact) mass is 348 g/mol. The van der Waals surface area contributed by atoms with Gasteiger partial charge in [-0.25, -0.2) is 0 Å². The van der Waals surface area contributed by atoms with E-state index in [4.69, 9.17) is 0 Å². The van der Waals surface area contributed by atoms with Gasteiger partial charge in [-0.3, -0.25) is 4.79 Å². The van der Waals surface area contributed by atoms with Gasteiger partial charge in [0, 0.05) is 24.9 Å². The van der Waals surface area contributed by atoms with Crippen molar-refractivity contribution in [3.05, 3.63) is 70.8 Å². The first-order chi connectivity index (χ1) is 12.3. The fourth-order valence-corrected chi connectivity index (χ4v) is 3.24. The molecule has 0 radical (unpaired) electrons. The second-order valence-corrected chi connectivity index (χ2v) is 8.17. The summed E-state index contributed by atoms with van der Waals surface area (Å²) in [6.45, 7) is 8.59. The lowest BCUT2D eigenvalue weighted by molar-refractivity contribution is -0.111. The van der Waals surface area contributed by atoms with E-state index in [1.54, 1.807) is 6.08 Å². The number of hydrogen-bond acceptors (Lipinski definition) is 2. The van der Waals surface area contributed by atoms with E-state index in [1.807, 2.05) is 24.3 Å². The van der Waals surface area contributed by atoms with Crippen molar-refractivity contribution in [2.24, 2.45) is 0 Å². The first kappa shape index (κ1) is 18.4. The number of amides is 1. The molecule has 3 heteroatoms. The normalized spacial score (nSPS) is 15.1. The maximum Gasteiger partial charge on any atom is 0.248 e. The number of likely N-dealkylation sites (N-methyl/N-ethyl adjacent to an activating group) is 1. The molecule has 0 bridgehead atoms. The molecule has 2 aromatic carbocycles. The summed E-state index contributed by atoms with van der Waals surface area (Å²) in [4.78, 5) is 14.6. The number of anilines is 1. The lowest BCUT2D eigenvalue weighted by Gasteiger charge is -2.25. The number of carbonyl (C=O) groups excluding carboxylic acids is 1. The predicted molar refractivity (Wildman–Crippen MR) is 109 cm³/mol. The zero-order valence-electron chi connectivity index (χ0n) is 16.2. The topological polar surface area (TPSA) is 32.3 Å². The van der Waals surface area contributed by atoms with E-state index in [-0.39, 0.29) is 11.3 Å². The Bertz CT molecular complexity index is 830. The molecule has 1 amide bonds. The Balaban J connectivity index is 1.68. The van der Waals surface area contributed by atoms with Gasteiger partial charge in [0.1, 0.15) is 0 Å². The lowest BCUT2D eigenvalue weighted by atomic mass is 9.87. The SMILES string of the molecule is CN1CCc2ccc(/C=C/C(=O)Nc3cccc(C(C)(C)C)c3)cc2C1. The van der Waals surface area contributed by atoms with E-state index in [0.29, 0.717) is 0 Å². The fourth-order valence-electron chi connectivity index (χ4n) is 3.24. The molecule has 0 fully saturated rings. The molecule has 1 aliphatic heterocycles. The Morgan fingerprint density at radius 3 is 2.69 bits per heavy atom. The van der Waals surface area contributed by atoms with Crippen molar-refractivity contribution in [2.45, 2.75) is 39.2 Å². The van der Waals surface area contributed by atoms with Crippen LogP contribution in [-0.4, -0.2) is 24.4 Å². The zero-order valence-corrected chi connectivity index (χ0v) is 16.2. The molecule has 3 nitrogen and oxygen atoms in total. The molecule has 1 heterocycles. The highest BCUT2D eigenvalue weighted by molar-refractivity contribution is 6.02. The van der Waals surface area contributed by atoms with Crippen LogP contribution >= 0.6 is 0 Å². The summed E-state index contributed by atoms with van der Waals surface area (Å²) in [5, 5.41) is 2.96. The minimum absolute atomic E-state index is 0.0624. The molecule has 26 heavy (non-hydrogen) atoms. The van der Waals surface area contributed by atoms with Crippen LogP contribution in [0.5, 0.6) is 0 Å². The van der Waals surface area contributed by atoms with Gasteiger partial charge in [0.15, 0.2) is 0 Å². The first-order valence-corrected chi connectivity index (χ1v) is 9.21. The molecule has 0 spiro atoms. The third-order valence-corrected chi connectivity index (χ3v) is 4.86. The van der Waals surface area contributed by atoms with Gasteiger partial charge >= 0.3 is 0 Å². The quantitative estimate of drug-likeness (QED) is 0.821. The van der Waals surface area contributed by atoms with Crippen LogP contribution in [0.15, 0.2) is 48.5 Å². The van der Waals surface area contributed by atoms with E-state index < -0.39 is 0 Å². The second kappa shape index (κ2) is 7.46. The van der Waals surface area contributed by atoms with Crippen molar-refractivity contribution >= 4 is 17.7 Å². The Hall–Kier alpha value is -2.39. The van der Waals surface area contributed by atoms with Gasteiger partial charge in [0.2, 0.25) is 5.91 Å². The molecule has 136 valence electrons. The molecule has 1 N–H and O–H groups in total. The Kier molecular flexibility index (Phi) is 5.28. The predicted octanol–water partition coefficient (Wildman–Crippen LogP) is 4.62. The molecule has 0 unspecified atom stereocenters. The van der Waals surface area contributed by atoms with E-state index >= 15 is 0 Å². The molecule has 0 aromatic heterocycles. The Labute approximate surface area is 156 Å². The maximum absolute atomic E-state index is 12.3. The number of fused-ring (bicyclic) bond motifs is 1. The smallest absolute Gasteiger partial charge is 0.248 e. The number of carbonyl (C=O) groups is 1. The van der Waals surface area contributed by atoms with E-state index in [2.05, 4.69) is 62.3 Å². The summed E-state index contributed by atoms with van der Waals surface area (Å²) in [6.07, 6.45) is 4.59. The summed E-state index contributed by atoms with van der Waals surface area (Å²) in [7, 11) is 2.14. The molecule has 0 atom stereocenters. The molecule has 2 aromatic rings. The number of rotatable bonds is 3. The highest BCUT2D eigenvalue weighted by atomic mass is 16.1. The third-order valence-electron chi connectivity index (χ3n) is 4.86. The standard InChI is InChI=1S/C23H28N2O/c1-23(2,3)20-6-5-7-21(15-20)24-22(26)11-9-17-8-10-18-12-13-25(4)16-19(18)14-17/h5-11,14-15H,12-13,16H2,1-4H3,(H,24,26)/b11-9+. The average molecular weight is 348 g/mol. The van der Waals surface area contributed by atoms with E-state index in [9.17, 15) is 4.79 Å². The molecule has 0 aliphatic carbocycles. The molecule has 3 rings (SSSR count). The minimum atomic E-state index is -0.106. The summed E-state index contributed by atoms with van der Waals surface area (Å²) in [5.41, 5.74) is 5.95. The Morgan fingerprint density at radius 2 is 1.92 bits per heavy atom. The number of nitrogens with one attached hydrogen (secondary N) is 1. The summed E-state index contributed by atoms with van der Waals surface area (Å²) < 4.78 is 0. The number of nitrogens with zero attached hydrogens (tertiary/aromatic N) is 1. The molecule has 0 saturated heterocycles. The van der Waals surface area contributed by atoms with Crippen molar-refractivity contribution in [2.75, 3.05) is 18.9 Å². The van der Waals surface area contributed by atoms with Crippen molar-refractivity contribution < 1.29 is 4.79 Å². The van der Waals surface area contributed by atoms with Crippen LogP contribution in [0, 0.1) is 0 Å². The molecule has 0 saturated carbocycles. The number of hydrogen-bond donors (Lipinski definition) is 1. The Morgan fingerprint density at radius 1 is 1.12 bits per heavy atom. The van der Waals surface area contributed by atoms with Gasteiger partial charge in [-0.1, -0.05) is 51.1 Å². The lowest BCUT2D eigenvalue weighted by Crippen LogP contribution is -2.26. The van der Waals surface area contributed by atoms with Crippen LogP contribution in [-0.2, 0) is 23.2 Å².